The zero-order valence-electron chi connectivity index (χ0n) is 13.5. The number of aromatic nitrogens is 5. The number of nitrogens with two attached hydrogens (primary N) is 1. The molecule has 0 amide bonds. The number of hydrogen-bond acceptors (Lipinski definition) is 7. The highest BCUT2D eigenvalue weighted by atomic mass is 79.9. The summed E-state index contributed by atoms with van der Waals surface area (Å²) in [5.74, 6) is -2.29. The molecule has 0 bridgehead atoms. The molecule has 0 aliphatic heterocycles. The maximum Gasteiger partial charge on any atom is 0.202 e. The first-order valence-corrected chi connectivity index (χ1v) is 8.12. The van der Waals surface area contributed by atoms with Gasteiger partial charge in [-0.2, -0.15) is 9.07 Å². The lowest BCUT2D eigenvalue weighted by atomic mass is 10.2. The minimum absolute atomic E-state index is 0.0859. The standard InChI is InChI=1S/C15H13BrF2N6O2/c1-25-4-5-26-11-3-2-10(12(17)13(11)18)24-15(21-22-23-24)9-6-8(16)7-20-14(9)19/h2-3,6-7H,4-5H2,1H3,(H2,19,20). The summed E-state index contributed by atoms with van der Waals surface area (Å²) in [6.45, 7) is 0.331. The summed E-state index contributed by atoms with van der Waals surface area (Å²) >= 11 is 3.27. The topological polar surface area (TPSA) is 101 Å². The number of anilines is 1. The van der Waals surface area contributed by atoms with Gasteiger partial charge in [0.15, 0.2) is 17.4 Å². The molecule has 136 valence electrons. The Morgan fingerprint density at radius 2 is 2.04 bits per heavy atom. The average molecular weight is 427 g/mol. The van der Waals surface area contributed by atoms with Crippen molar-refractivity contribution in [3.05, 3.63) is 40.5 Å². The number of benzene rings is 1. The van der Waals surface area contributed by atoms with Gasteiger partial charge >= 0.3 is 0 Å². The van der Waals surface area contributed by atoms with Crippen molar-refractivity contribution in [2.24, 2.45) is 0 Å². The first kappa shape index (κ1) is 18.1. The Kier molecular flexibility index (Phi) is 5.38. The first-order valence-electron chi connectivity index (χ1n) is 7.32. The molecule has 26 heavy (non-hydrogen) atoms. The molecule has 0 spiro atoms. The van der Waals surface area contributed by atoms with Crippen LogP contribution in [0.1, 0.15) is 0 Å². The van der Waals surface area contributed by atoms with Crippen LogP contribution in [-0.4, -0.2) is 45.5 Å². The van der Waals surface area contributed by atoms with Crippen LogP contribution < -0.4 is 10.5 Å². The lowest BCUT2D eigenvalue weighted by Gasteiger charge is -2.11. The monoisotopic (exact) mass is 426 g/mol. The largest absolute Gasteiger partial charge is 0.488 e. The normalized spacial score (nSPS) is 10.9. The van der Waals surface area contributed by atoms with E-state index in [0.717, 1.165) is 4.68 Å². The molecule has 8 nitrogen and oxygen atoms in total. The summed E-state index contributed by atoms with van der Waals surface area (Å²) in [7, 11) is 1.48. The molecule has 1 aromatic carbocycles. The number of hydrogen-bond donors (Lipinski definition) is 1. The van der Waals surface area contributed by atoms with E-state index in [2.05, 4.69) is 36.4 Å². The van der Waals surface area contributed by atoms with Crippen LogP contribution in [0.5, 0.6) is 5.75 Å². The van der Waals surface area contributed by atoms with Crippen molar-refractivity contribution >= 4 is 21.7 Å². The van der Waals surface area contributed by atoms with Gasteiger partial charge in [-0.3, -0.25) is 0 Å². The highest BCUT2D eigenvalue weighted by Crippen LogP contribution is 2.30. The third-order valence-electron chi connectivity index (χ3n) is 3.40. The van der Waals surface area contributed by atoms with Gasteiger partial charge in [-0.1, -0.05) is 0 Å². The van der Waals surface area contributed by atoms with Crippen LogP contribution in [0.15, 0.2) is 28.9 Å². The van der Waals surface area contributed by atoms with Gasteiger partial charge < -0.3 is 15.2 Å². The summed E-state index contributed by atoms with van der Waals surface area (Å²) in [4.78, 5) is 3.99. The Morgan fingerprint density at radius 1 is 1.23 bits per heavy atom. The number of nitrogen functional groups attached to an aromatic ring is 1. The molecule has 0 aliphatic carbocycles. The highest BCUT2D eigenvalue weighted by Gasteiger charge is 2.21. The average Bonchev–Trinajstić information content (AvgIpc) is 3.10. The quantitative estimate of drug-likeness (QED) is 0.603. The molecule has 0 fully saturated rings. The van der Waals surface area contributed by atoms with E-state index in [9.17, 15) is 8.78 Å². The van der Waals surface area contributed by atoms with E-state index in [-0.39, 0.29) is 36.3 Å². The summed E-state index contributed by atoms with van der Waals surface area (Å²) in [5, 5.41) is 11.1. The molecule has 3 rings (SSSR count). The SMILES string of the molecule is COCCOc1ccc(-n2nnnc2-c2cc(Br)cnc2N)c(F)c1F. The summed E-state index contributed by atoms with van der Waals surface area (Å²) in [6.07, 6.45) is 1.50. The van der Waals surface area contributed by atoms with Crippen molar-refractivity contribution in [1.29, 1.82) is 0 Å². The van der Waals surface area contributed by atoms with E-state index in [1.54, 1.807) is 6.07 Å². The Morgan fingerprint density at radius 3 is 2.81 bits per heavy atom. The second-order valence-electron chi connectivity index (χ2n) is 5.05. The Balaban J connectivity index is 2.02. The van der Waals surface area contributed by atoms with Crippen molar-refractivity contribution in [1.82, 2.24) is 25.2 Å². The molecule has 0 atom stereocenters. The van der Waals surface area contributed by atoms with Gasteiger partial charge in [-0.05, 0) is 44.6 Å². The molecule has 2 heterocycles. The van der Waals surface area contributed by atoms with Crippen molar-refractivity contribution < 1.29 is 18.3 Å². The third kappa shape index (κ3) is 3.48. The Bertz CT molecular complexity index is 936. The lowest BCUT2D eigenvalue weighted by molar-refractivity contribution is 0.143. The predicted molar refractivity (Wildman–Crippen MR) is 91.8 cm³/mol. The second-order valence-corrected chi connectivity index (χ2v) is 5.97. The number of tetrazole rings is 1. The molecule has 3 aromatic rings. The number of ether oxygens (including phenoxy) is 2. The molecule has 0 aliphatic rings. The summed E-state index contributed by atoms with van der Waals surface area (Å²) < 4.78 is 40.5. The molecule has 0 saturated carbocycles. The number of nitrogens with zero attached hydrogens (tertiary/aromatic N) is 5. The highest BCUT2D eigenvalue weighted by molar-refractivity contribution is 9.10. The van der Waals surface area contributed by atoms with Crippen LogP contribution in [0.2, 0.25) is 0 Å². The Labute approximate surface area is 155 Å². The fourth-order valence-electron chi connectivity index (χ4n) is 2.18. The fraction of sp³-hybridized carbons (Fsp3) is 0.200. The van der Waals surface area contributed by atoms with Gasteiger partial charge in [-0.15, -0.1) is 5.10 Å². The summed E-state index contributed by atoms with van der Waals surface area (Å²) in [6, 6.07) is 4.22. The Hall–Kier alpha value is -2.66. The van der Waals surface area contributed by atoms with Gasteiger partial charge in [0.1, 0.15) is 18.1 Å². The van der Waals surface area contributed by atoms with Crippen LogP contribution in [-0.2, 0) is 4.74 Å². The van der Waals surface area contributed by atoms with Crippen molar-refractivity contribution in [3.8, 4) is 22.8 Å². The first-order chi connectivity index (χ1) is 12.5. The van der Waals surface area contributed by atoms with Crippen molar-refractivity contribution in [3.63, 3.8) is 0 Å². The maximum absolute atomic E-state index is 14.6. The third-order valence-corrected chi connectivity index (χ3v) is 3.83. The minimum Gasteiger partial charge on any atom is -0.488 e. The number of halogens is 3. The van der Waals surface area contributed by atoms with Crippen LogP contribution >= 0.6 is 15.9 Å². The number of rotatable bonds is 6. The van der Waals surface area contributed by atoms with Crippen LogP contribution in [0.3, 0.4) is 0 Å². The molecule has 2 N–H and O–H groups in total. The van der Waals surface area contributed by atoms with Crippen LogP contribution in [0.25, 0.3) is 17.1 Å². The van der Waals surface area contributed by atoms with Crippen LogP contribution in [0.4, 0.5) is 14.6 Å². The van der Waals surface area contributed by atoms with E-state index in [4.69, 9.17) is 15.2 Å². The maximum atomic E-state index is 14.6. The predicted octanol–water partition coefficient (Wildman–Crippen LogP) is 2.37. The van der Waals surface area contributed by atoms with E-state index in [1.807, 2.05) is 0 Å². The van der Waals surface area contributed by atoms with E-state index in [1.165, 1.54) is 25.4 Å². The molecule has 2 aromatic heterocycles. The number of pyridine rings is 1. The molecule has 0 radical (unpaired) electrons. The van der Waals surface area contributed by atoms with Gasteiger partial charge in [-0.25, -0.2) is 9.37 Å². The molecule has 0 saturated heterocycles. The van der Waals surface area contributed by atoms with E-state index in [0.29, 0.717) is 10.0 Å². The molecule has 11 heteroatoms. The van der Waals surface area contributed by atoms with E-state index >= 15 is 0 Å². The second kappa shape index (κ2) is 7.70. The van der Waals surface area contributed by atoms with Gasteiger partial charge in [0.05, 0.1) is 12.2 Å². The van der Waals surface area contributed by atoms with Crippen molar-refractivity contribution in [2.45, 2.75) is 0 Å². The lowest BCUT2D eigenvalue weighted by Crippen LogP contribution is -2.09. The van der Waals surface area contributed by atoms with Crippen LogP contribution in [0, 0.1) is 11.6 Å². The van der Waals surface area contributed by atoms with Gasteiger partial charge in [0, 0.05) is 17.8 Å². The number of methoxy groups -OCH3 is 1. The van der Waals surface area contributed by atoms with Gasteiger partial charge in [0.25, 0.3) is 0 Å². The van der Waals surface area contributed by atoms with E-state index < -0.39 is 11.6 Å². The minimum atomic E-state index is -1.16. The zero-order valence-corrected chi connectivity index (χ0v) is 15.1. The fourth-order valence-corrected chi connectivity index (χ4v) is 2.51. The molecular formula is C15H13BrF2N6O2. The smallest absolute Gasteiger partial charge is 0.202 e. The molecular weight excluding hydrogens is 414 g/mol. The zero-order chi connectivity index (χ0) is 18.7. The molecule has 0 unspecified atom stereocenters. The van der Waals surface area contributed by atoms with Gasteiger partial charge in [0.2, 0.25) is 5.82 Å². The van der Waals surface area contributed by atoms with Crippen molar-refractivity contribution in [2.75, 3.05) is 26.1 Å². The summed E-state index contributed by atoms with van der Waals surface area (Å²) in [5.41, 5.74) is 6.02.